The maximum atomic E-state index is 12.9. The SMILES string of the molecule is Cc1cnn(CC(=O)N2CC(C(=O)NCc3cccnc3)C3(CCC3)C2)c1. The number of pyridine rings is 1. The lowest BCUT2D eigenvalue weighted by Gasteiger charge is -2.41. The van der Waals surface area contributed by atoms with Crippen LogP contribution in [0, 0.1) is 18.3 Å². The van der Waals surface area contributed by atoms with E-state index >= 15 is 0 Å². The van der Waals surface area contributed by atoms with Crippen molar-refractivity contribution < 1.29 is 9.59 Å². The topological polar surface area (TPSA) is 80.1 Å². The number of nitrogens with zero attached hydrogens (tertiary/aromatic N) is 4. The van der Waals surface area contributed by atoms with Crippen molar-refractivity contribution in [2.45, 2.75) is 39.3 Å². The normalized spacial score (nSPS) is 20.5. The maximum absolute atomic E-state index is 12.9. The summed E-state index contributed by atoms with van der Waals surface area (Å²) in [6, 6.07) is 3.81. The molecule has 2 amide bonds. The first-order valence-corrected chi connectivity index (χ1v) is 9.49. The molecule has 27 heavy (non-hydrogen) atoms. The molecule has 1 N–H and O–H groups in total. The number of nitrogens with one attached hydrogen (secondary N) is 1. The number of hydrogen-bond donors (Lipinski definition) is 1. The number of amides is 2. The summed E-state index contributed by atoms with van der Waals surface area (Å²) in [7, 11) is 0. The summed E-state index contributed by atoms with van der Waals surface area (Å²) in [6.07, 6.45) is 10.3. The fourth-order valence-corrected chi connectivity index (χ4v) is 4.26. The Kier molecular flexibility index (Phi) is 4.68. The van der Waals surface area contributed by atoms with Gasteiger partial charge in [0.05, 0.1) is 12.1 Å². The average Bonchev–Trinajstić information content (AvgIpc) is 3.24. The zero-order valence-corrected chi connectivity index (χ0v) is 15.6. The van der Waals surface area contributed by atoms with Crippen LogP contribution in [-0.2, 0) is 22.7 Å². The van der Waals surface area contributed by atoms with Gasteiger partial charge in [0.15, 0.2) is 0 Å². The fraction of sp³-hybridized carbons (Fsp3) is 0.500. The summed E-state index contributed by atoms with van der Waals surface area (Å²) < 4.78 is 1.67. The van der Waals surface area contributed by atoms with Gasteiger partial charge in [-0.15, -0.1) is 0 Å². The minimum atomic E-state index is -0.133. The number of aromatic nitrogens is 3. The predicted molar refractivity (Wildman–Crippen MR) is 99.4 cm³/mol. The van der Waals surface area contributed by atoms with Crippen molar-refractivity contribution in [1.82, 2.24) is 25.0 Å². The Bertz CT molecular complexity index is 828. The van der Waals surface area contributed by atoms with Crippen LogP contribution in [0.25, 0.3) is 0 Å². The van der Waals surface area contributed by atoms with E-state index in [1.807, 2.05) is 30.2 Å². The molecule has 1 saturated heterocycles. The van der Waals surface area contributed by atoms with Crippen LogP contribution < -0.4 is 5.32 Å². The molecule has 1 aliphatic carbocycles. The van der Waals surface area contributed by atoms with Gasteiger partial charge >= 0.3 is 0 Å². The standard InChI is InChI=1S/C20H25N5O2/c1-15-8-23-25(11-15)13-18(26)24-12-17(20(14-24)5-3-6-20)19(27)22-10-16-4-2-7-21-9-16/h2,4,7-9,11,17H,3,5-6,10,12-14H2,1H3,(H,22,27). The quantitative estimate of drug-likeness (QED) is 0.869. The third kappa shape index (κ3) is 3.59. The van der Waals surface area contributed by atoms with E-state index < -0.39 is 0 Å². The molecule has 0 aromatic carbocycles. The molecule has 2 fully saturated rings. The van der Waals surface area contributed by atoms with Crippen molar-refractivity contribution in [2.75, 3.05) is 13.1 Å². The first kappa shape index (κ1) is 17.7. The first-order chi connectivity index (χ1) is 13.1. The van der Waals surface area contributed by atoms with Gasteiger partial charge in [-0.2, -0.15) is 5.10 Å². The molecule has 2 aromatic heterocycles. The lowest BCUT2D eigenvalue weighted by molar-refractivity contribution is -0.131. The molecule has 3 heterocycles. The third-order valence-corrected chi connectivity index (χ3v) is 5.92. The van der Waals surface area contributed by atoms with Gasteiger partial charge in [-0.25, -0.2) is 0 Å². The molecule has 0 bridgehead atoms. The number of rotatable bonds is 5. The highest BCUT2D eigenvalue weighted by Crippen LogP contribution is 2.51. The number of hydrogen-bond acceptors (Lipinski definition) is 4. The summed E-state index contributed by atoms with van der Waals surface area (Å²) >= 11 is 0. The molecule has 1 atom stereocenters. The molecule has 1 spiro atoms. The second kappa shape index (κ2) is 7.13. The molecule has 7 nitrogen and oxygen atoms in total. The molecular formula is C20H25N5O2. The highest BCUT2D eigenvalue weighted by Gasteiger charge is 2.54. The van der Waals surface area contributed by atoms with Gasteiger partial charge < -0.3 is 10.2 Å². The van der Waals surface area contributed by atoms with Crippen LogP contribution >= 0.6 is 0 Å². The highest BCUT2D eigenvalue weighted by atomic mass is 16.2. The van der Waals surface area contributed by atoms with Crippen molar-refractivity contribution in [1.29, 1.82) is 0 Å². The molecular weight excluding hydrogens is 342 g/mol. The molecule has 1 aliphatic heterocycles. The Morgan fingerprint density at radius 2 is 2.19 bits per heavy atom. The van der Waals surface area contributed by atoms with Crippen LogP contribution in [0.3, 0.4) is 0 Å². The van der Waals surface area contributed by atoms with Crippen molar-refractivity contribution in [3.05, 3.63) is 48.0 Å². The fourth-order valence-electron chi connectivity index (χ4n) is 4.26. The zero-order chi connectivity index (χ0) is 18.9. The van der Waals surface area contributed by atoms with E-state index in [1.54, 1.807) is 23.3 Å². The Morgan fingerprint density at radius 3 is 2.81 bits per heavy atom. The summed E-state index contributed by atoms with van der Waals surface area (Å²) in [4.78, 5) is 31.5. The van der Waals surface area contributed by atoms with E-state index in [0.29, 0.717) is 19.6 Å². The van der Waals surface area contributed by atoms with Crippen LogP contribution in [0.2, 0.25) is 0 Å². The molecule has 2 aromatic rings. The van der Waals surface area contributed by atoms with E-state index in [4.69, 9.17) is 0 Å². The van der Waals surface area contributed by atoms with Crippen molar-refractivity contribution >= 4 is 11.8 Å². The van der Waals surface area contributed by atoms with Crippen LogP contribution in [0.15, 0.2) is 36.9 Å². The monoisotopic (exact) mass is 367 g/mol. The minimum absolute atomic E-state index is 0.0342. The lowest BCUT2D eigenvalue weighted by atomic mass is 9.62. The summed E-state index contributed by atoms with van der Waals surface area (Å²) in [6.45, 7) is 3.83. The van der Waals surface area contributed by atoms with Crippen molar-refractivity contribution in [3.8, 4) is 0 Å². The van der Waals surface area contributed by atoms with E-state index in [1.165, 1.54) is 0 Å². The van der Waals surface area contributed by atoms with Gasteiger partial charge in [-0.05, 0) is 37.0 Å². The molecule has 142 valence electrons. The van der Waals surface area contributed by atoms with Crippen molar-refractivity contribution in [2.24, 2.45) is 11.3 Å². The molecule has 7 heteroatoms. The highest BCUT2D eigenvalue weighted by molar-refractivity contribution is 5.83. The number of carbonyl (C=O) groups is 2. The Hall–Kier alpha value is -2.70. The number of aryl methyl sites for hydroxylation is 1. The van der Waals surface area contributed by atoms with Gasteiger partial charge in [0, 0.05) is 43.6 Å². The van der Waals surface area contributed by atoms with Gasteiger partial charge in [-0.3, -0.25) is 19.3 Å². The Morgan fingerprint density at radius 1 is 1.33 bits per heavy atom. The van der Waals surface area contributed by atoms with E-state index in [2.05, 4.69) is 15.4 Å². The first-order valence-electron chi connectivity index (χ1n) is 9.49. The minimum Gasteiger partial charge on any atom is -0.352 e. The summed E-state index contributed by atoms with van der Waals surface area (Å²) in [5.41, 5.74) is 1.97. The predicted octanol–water partition coefficient (Wildman–Crippen LogP) is 1.53. The molecule has 2 aliphatic rings. The second-order valence-corrected chi connectivity index (χ2v) is 7.84. The number of carbonyl (C=O) groups excluding carboxylic acids is 2. The molecule has 1 saturated carbocycles. The van der Waals surface area contributed by atoms with E-state index in [9.17, 15) is 9.59 Å². The van der Waals surface area contributed by atoms with Crippen molar-refractivity contribution in [3.63, 3.8) is 0 Å². The van der Waals surface area contributed by atoms with Gasteiger partial charge in [0.1, 0.15) is 6.54 Å². The molecule has 1 unspecified atom stereocenters. The van der Waals surface area contributed by atoms with Crippen LogP contribution in [0.1, 0.15) is 30.4 Å². The molecule has 0 radical (unpaired) electrons. The van der Waals surface area contributed by atoms with E-state index in [0.717, 1.165) is 30.4 Å². The third-order valence-electron chi connectivity index (χ3n) is 5.92. The van der Waals surface area contributed by atoms with Gasteiger partial charge in [-0.1, -0.05) is 12.5 Å². The van der Waals surface area contributed by atoms with Crippen LogP contribution in [-0.4, -0.2) is 44.6 Å². The number of likely N-dealkylation sites (tertiary alicyclic amines) is 1. The Labute approximate surface area is 158 Å². The summed E-state index contributed by atoms with van der Waals surface area (Å²) in [5.74, 6) is -0.0537. The van der Waals surface area contributed by atoms with E-state index in [-0.39, 0.29) is 29.7 Å². The van der Waals surface area contributed by atoms with Crippen LogP contribution in [0.4, 0.5) is 0 Å². The lowest BCUT2D eigenvalue weighted by Crippen LogP contribution is -2.45. The summed E-state index contributed by atoms with van der Waals surface area (Å²) in [5, 5.41) is 7.24. The van der Waals surface area contributed by atoms with Crippen LogP contribution in [0.5, 0.6) is 0 Å². The largest absolute Gasteiger partial charge is 0.352 e. The van der Waals surface area contributed by atoms with Gasteiger partial charge in [0.2, 0.25) is 11.8 Å². The smallest absolute Gasteiger partial charge is 0.244 e. The maximum Gasteiger partial charge on any atom is 0.244 e. The van der Waals surface area contributed by atoms with Gasteiger partial charge in [0.25, 0.3) is 0 Å². The molecule has 4 rings (SSSR count). The second-order valence-electron chi connectivity index (χ2n) is 7.84. The average molecular weight is 367 g/mol. The Balaban J connectivity index is 1.40. The zero-order valence-electron chi connectivity index (χ0n) is 15.6.